The maximum atomic E-state index is 2.52. The second kappa shape index (κ2) is 1.72. The molecule has 1 nitrogen and oxygen atoms in total. The maximum absolute atomic E-state index is 2.52. The van der Waals surface area contributed by atoms with Gasteiger partial charge in [0.15, 0.2) is 0 Å². The van der Waals surface area contributed by atoms with Crippen LogP contribution in [-0.2, 0) is 0 Å². The van der Waals surface area contributed by atoms with E-state index in [1.54, 1.807) is 0 Å². The van der Waals surface area contributed by atoms with Crippen LogP contribution in [0.4, 0.5) is 0 Å². The molecule has 0 aromatic rings. The smallest absolute Gasteiger partial charge is 0.0229 e. The number of rotatable bonds is 0. The molecule has 0 aromatic carbocycles. The van der Waals surface area contributed by atoms with Crippen molar-refractivity contribution in [1.82, 2.24) is 4.90 Å². The van der Waals surface area contributed by atoms with Gasteiger partial charge in [-0.25, -0.2) is 0 Å². The monoisotopic (exact) mass is 127 g/mol. The average Bonchev–Trinajstić information content (AvgIpc) is 2.11. The molecule has 1 heteroatoms. The van der Waals surface area contributed by atoms with Crippen molar-refractivity contribution in [3.63, 3.8) is 0 Å². The zero-order valence-corrected chi connectivity index (χ0v) is 7.10. The fraction of sp³-hybridized carbons (Fsp3) is 1.00. The van der Waals surface area contributed by atoms with Gasteiger partial charge in [-0.3, -0.25) is 4.90 Å². The molecular weight excluding hydrogens is 110 g/mol. The Morgan fingerprint density at radius 3 is 1.33 bits per heavy atom. The largest absolute Gasteiger partial charge is 0.290 e. The first-order valence-electron chi connectivity index (χ1n) is 3.73. The lowest BCUT2D eigenvalue weighted by Gasteiger charge is -2.21. The Hall–Kier alpha value is -0.0400. The molecule has 1 unspecified atom stereocenters. The number of nitrogens with zero attached hydrogens (tertiary/aromatic N) is 1. The van der Waals surface area contributed by atoms with Crippen LogP contribution < -0.4 is 0 Å². The summed E-state index contributed by atoms with van der Waals surface area (Å²) in [5.41, 5.74) is 0.388. The summed E-state index contributed by atoms with van der Waals surface area (Å²) >= 11 is 0. The van der Waals surface area contributed by atoms with E-state index >= 15 is 0 Å². The van der Waals surface area contributed by atoms with Crippen molar-refractivity contribution in [3.05, 3.63) is 0 Å². The zero-order chi connectivity index (χ0) is 7.23. The van der Waals surface area contributed by atoms with E-state index in [0.29, 0.717) is 5.54 Å². The van der Waals surface area contributed by atoms with Gasteiger partial charge < -0.3 is 0 Å². The van der Waals surface area contributed by atoms with Crippen molar-refractivity contribution in [3.8, 4) is 0 Å². The fourth-order valence-electron chi connectivity index (χ4n) is 1.73. The maximum Gasteiger partial charge on any atom is 0.0229 e. The zero-order valence-electron chi connectivity index (χ0n) is 7.10. The quantitative estimate of drug-likeness (QED) is 0.449. The van der Waals surface area contributed by atoms with Crippen molar-refractivity contribution in [2.75, 3.05) is 0 Å². The Labute approximate surface area is 58.0 Å². The third kappa shape index (κ3) is 1.11. The predicted octanol–water partition coefficient (Wildman–Crippen LogP) is 1.88. The highest BCUT2D eigenvalue weighted by atomic mass is 15.4. The molecule has 0 aliphatic carbocycles. The van der Waals surface area contributed by atoms with Crippen LogP contribution in [0.5, 0.6) is 0 Å². The van der Waals surface area contributed by atoms with Crippen molar-refractivity contribution >= 4 is 0 Å². The van der Waals surface area contributed by atoms with Crippen LogP contribution in [0.15, 0.2) is 0 Å². The standard InChI is InChI=1S/C8H17N/c1-6-7(2)9(6)8(3,4)5/h6-7H,1-5H3/t6-,7+,9?. The van der Waals surface area contributed by atoms with E-state index in [2.05, 4.69) is 39.5 Å². The molecule has 0 radical (unpaired) electrons. The molecular formula is C8H17N. The minimum atomic E-state index is 0.388. The van der Waals surface area contributed by atoms with E-state index in [4.69, 9.17) is 0 Å². The number of hydrogen-bond acceptors (Lipinski definition) is 1. The molecule has 9 heavy (non-hydrogen) atoms. The summed E-state index contributed by atoms with van der Waals surface area (Å²) in [5, 5.41) is 0. The Morgan fingerprint density at radius 2 is 1.33 bits per heavy atom. The van der Waals surface area contributed by atoms with Gasteiger partial charge in [0.25, 0.3) is 0 Å². The molecule has 1 fully saturated rings. The third-order valence-corrected chi connectivity index (χ3v) is 2.26. The van der Waals surface area contributed by atoms with Crippen molar-refractivity contribution < 1.29 is 0 Å². The second-order valence-electron chi connectivity index (χ2n) is 4.06. The molecule has 1 saturated heterocycles. The van der Waals surface area contributed by atoms with E-state index in [-0.39, 0.29) is 0 Å². The van der Waals surface area contributed by atoms with E-state index in [9.17, 15) is 0 Å². The molecule has 0 saturated carbocycles. The normalized spacial score (nSPS) is 43.0. The summed E-state index contributed by atoms with van der Waals surface area (Å²) in [6.07, 6.45) is 0. The Kier molecular flexibility index (Phi) is 1.35. The molecule has 0 aromatic heterocycles. The van der Waals surface area contributed by atoms with Gasteiger partial charge in [0.05, 0.1) is 0 Å². The van der Waals surface area contributed by atoms with Crippen LogP contribution in [0.2, 0.25) is 0 Å². The predicted molar refractivity (Wildman–Crippen MR) is 40.5 cm³/mol. The molecule has 54 valence electrons. The van der Waals surface area contributed by atoms with E-state index in [0.717, 1.165) is 12.1 Å². The Balaban J connectivity index is 2.50. The second-order valence-corrected chi connectivity index (χ2v) is 4.06. The van der Waals surface area contributed by atoms with Crippen LogP contribution in [0.1, 0.15) is 34.6 Å². The first kappa shape index (κ1) is 7.07. The first-order valence-corrected chi connectivity index (χ1v) is 3.73. The summed E-state index contributed by atoms with van der Waals surface area (Å²) in [7, 11) is 0. The Morgan fingerprint density at radius 1 is 1.00 bits per heavy atom. The first-order chi connectivity index (χ1) is 3.94. The van der Waals surface area contributed by atoms with Crippen molar-refractivity contribution in [2.45, 2.75) is 52.2 Å². The van der Waals surface area contributed by atoms with Gasteiger partial charge in [0.2, 0.25) is 0 Å². The summed E-state index contributed by atoms with van der Waals surface area (Å²) in [6.45, 7) is 11.4. The summed E-state index contributed by atoms with van der Waals surface area (Å²) in [6, 6.07) is 1.62. The minimum Gasteiger partial charge on any atom is -0.290 e. The van der Waals surface area contributed by atoms with Crippen LogP contribution in [-0.4, -0.2) is 22.5 Å². The average molecular weight is 127 g/mol. The summed E-state index contributed by atoms with van der Waals surface area (Å²) in [4.78, 5) is 2.52. The van der Waals surface area contributed by atoms with Crippen LogP contribution in [0.3, 0.4) is 0 Å². The van der Waals surface area contributed by atoms with Gasteiger partial charge in [0.1, 0.15) is 0 Å². The lowest BCUT2D eigenvalue weighted by molar-refractivity contribution is 0.275. The van der Waals surface area contributed by atoms with E-state index < -0.39 is 0 Å². The Bertz CT molecular complexity index is 104. The van der Waals surface area contributed by atoms with Crippen LogP contribution >= 0.6 is 0 Å². The molecule has 0 bridgehead atoms. The highest BCUT2D eigenvalue weighted by molar-refractivity contribution is 5.02. The topological polar surface area (TPSA) is 3.01 Å². The van der Waals surface area contributed by atoms with Gasteiger partial charge in [-0.2, -0.15) is 0 Å². The summed E-state index contributed by atoms with van der Waals surface area (Å²) in [5.74, 6) is 0. The minimum absolute atomic E-state index is 0.388. The lowest BCUT2D eigenvalue weighted by atomic mass is 10.1. The molecule has 1 rings (SSSR count). The van der Waals surface area contributed by atoms with Gasteiger partial charge in [-0.1, -0.05) is 0 Å². The highest BCUT2D eigenvalue weighted by Crippen LogP contribution is 2.35. The highest BCUT2D eigenvalue weighted by Gasteiger charge is 2.46. The van der Waals surface area contributed by atoms with Crippen LogP contribution in [0, 0.1) is 0 Å². The molecule has 1 aliphatic rings. The molecule has 0 spiro atoms. The van der Waals surface area contributed by atoms with Gasteiger partial charge in [-0.05, 0) is 34.6 Å². The van der Waals surface area contributed by atoms with Crippen LogP contribution in [0.25, 0.3) is 0 Å². The van der Waals surface area contributed by atoms with Gasteiger partial charge >= 0.3 is 0 Å². The lowest BCUT2D eigenvalue weighted by Crippen LogP contribution is -2.27. The number of hydrogen-bond donors (Lipinski definition) is 0. The van der Waals surface area contributed by atoms with Crippen molar-refractivity contribution in [1.29, 1.82) is 0 Å². The van der Waals surface area contributed by atoms with Crippen molar-refractivity contribution in [2.24, 2.45) is 0 Å². The molecule has 0 amide bonds. The molecule has 1 aliphatic heterocycles. The third-order valence-electron chi connectivity index (χ3n) is 2.26. The summed E-state index contributed by atoms with van der Waals surface area (Å²) < 4.78 is 0. The molecule has 1 heterocycles. The van der Waals surface area contributed by atoms with Gasteiger partial charge in [0, 0.05) is 17.6 Å². The molecule has 3 atom stereocenters. The molecule has 0 N–H and O–H groups in total. The van der Waals surface area contributed by atoms with E-state index in [1.807, 2.05) is 0 Å². The van der Waals surface area contributed by atoms with Gasteiger partial charge in [-0.15, -0.1) is 0 Å². The SMILES string of the molecule is C[C@@H]1[C@H](C)N1C(C)(C)C. The fourth-order valence-corrected chi connectivity index (χ4v) is 1.73. The van der Waals surface area contributed by atoms with E-state index in [1.165, 1.54) is 0 Å².